The zero-order valence-electron chi connectivity index (χ0n) is 16.4. The smallest absolute Gasteiger partial charge is 0.0205 e. The zero-order valence-corrected chi connectivity index (χ0v) is 16.4. The standard InChI is InChI=1S/C24H42/c1-3-5-11-21-17-19-22(20-18-21)12-7-8-14-24-16-10-9-15-23(24)13-6-4-2/h3,6,13,21-24H,1,4-5,7-12,14-20H2,2H3. The molecule has 2 rings (SSSR count). The molecule has 0 radical (unpaired) electrons. The summed E-state index contributed by atoms with van der Waals surface area (Å²) in [5.74, 6) is 3.95. The highest BCUT2D eigenvalue weighted by molar-refractivity contribution is 4.93. The molecule has 0 N–H and O–H groups in total. The van der Waals surface area contributed by atoms with Crippen LogP contribution < -0.4 is 0 Å². The Morgan fingerprint density at radius 1 is 0.833 bits per heavy atom. The van der Waals surface area contributed by atoms with E-state index < -0.39 is 0 Å². The van der Waals surface area contributed by atoms with Crippen molar-refractivity contribution in [2.24, 2.45) is 23.7 Å². The first-order valence-corrected chi connectivity index (χ1v) is 11.1. The first-order chi connectivity index (χ1) is 11.8. The van der Waals surface area contributed by atoms with Gasteiger partial charge in [0.1, 0.15) is 0 Å². The second-order valence-electron chi connectivity index (χ2n) is 8.58. The van der Waals surface area contributed by atoms with Gasteiger partial charge in [-0.05, 0) is 62.2 Å². The van der Waals surface area contributed by atoms with Gasteiger partial charge >= 0.3 is 0 Å². The molecule has 24 heavy (non-hydrogen) atoms. The monoisotopic (exact) mass is 330 g/mol. The fourth-order valence-electron chi connectivity index (χ4n) is 5.16. The number of allylic oxidation sites excluding steroid dienone is 3. The maximum absolute atomic E-state index is 3.87. The van der Waals surface area contributed by atoms with E-state index in [1.165, 1.54) is 96.3 Å². The highest BCUT2D eigenvalue weighted by Gasteiger charge is 2.23. The van der Waals surface area contributed by atoms with Gasteiger partial charge in [-0.15, -0.1) is 6.58 Å². The predicted molar refractivity (Wildman–Crippen MR) is 108 cm³/mol. The molecule has 2 fully saturated rings. The summed E-state index contributed by atoms with van der Waals surface area (Å²) in [5.41, 5.74) is 0. The molecule has 2 aliphatic carbocycles. The minimum absolute atomic E-state index is 0.902. The van der Waals surface area contributed by atoms with Crippen LogP contribution in [0.15, 0.2) is 24.8 Å². The van der Waals surface area contributed by atoms with E-state index in [-0.39, 0.29) is 0 Å². The first-order valence-electron chi connectivity index (χ1n) is 11.1. The summed E-state index contributed by atoms with van der Waals surface area (Å²) < 4.78 is 0. The molecule has 0 bridgehead atoms. The maximum Gasteiger partial charge on any atom is -0.0205 e. The van der Waals surface area contributed by atoms with E-state index in [0.717, 1.165) is 23.7 Å². The van der Waals surface area contributed by atoms with Gasteiger partial charge in [0.15, 0.2) is 0 Å². The average molecular weight is 331 g/mol. The third-order valence-corrected chi connectivity index (χ3v) is 6.77. The lowest BCUT2D eigenvalue weighted by atomic mass is 9.75. The zero-order chi connectivity index (χ0) is 17.0. The molecule has 0 aromatic rings. The van der Waals surface area contributed by atoms with Crippen LogP contribution in [0.25, 0.3) is 0 Å². The SMILES string of the molecule is C=CCCC1CCC(CCCCC2CCCCC2C=CCC)CC1. The fraction of sp³-hybridized carbons (Fsp3) is 0.833. The van der Waals surface area contributed by atoms with Gasteiger partial charge < -0.3 is 0 Å². The van der Waals surface area contributed by atoms with E-state index in [1.54, 1.807) is 0 Å². The van der Waals surface area contributed by atoms with Gasteiger partial charge in [0.05, 0.1) is 0 Å². The minimum atomic E-state index is 0.902. The molecule has 2 unspecified atom stereocenters. The van der Waals surface area contributed by atoms with Crippen LogP contribution in [0.1, 0.15) is 103 Å². The lowest BCUT2D eigenvalue weighted by molar-refractivity contribution is 0.237. The largest absolute Gasteiger partial charge is 0.103 e. The van der Waals surface area contributed by atoms with Crippen molar-refractivity contribution in [1.82, 2.24) is 0 Å². The molecule has 138 valence electrons. The Morgan fingerprint density at radius 2 is 1.50 bits per heavy atom. The van der Waals surface area contributed by atoms with Gasteiger partial charge in [0, 0.05) is 0 Å². The Morgan fingerprint density at radius 3 is 2.21 bits per heavy atom. The predicted octanol–water partition coefficient (Wildman–Crippen LogP) is 8.09. The van der Waals surface area contributed by atoms with E-state index in [4.69, 9.17) is 0 Å². The lowest BCUT2D eigenvalue weighted by Gasteiger charge is -2.30. The Balaban J connectivity index is 1.57. The van der Waals surface area contributed by atoms with Crippen LogP contribution >= 0.6 is 0 Å². The Labute approximate surface area is 152 Å². The average Bonchev–Trinajstić information content (AvgIpc) is 2.63. The van der Waals surface area contributed by atoms with Crippen LogP contribution in [0.2, 0.25) is 0 Å². The topological polar surface area (TPSA) is 0 Å². The van der Waals surface area contributed by atoms with Crippen molar-refractivity contribution in [3.05, 3.63) is 24.8 Å². The molecule has 0 saturated heterocycles. The Hall–Kier alpha value is -0.520. The molecule has 2 aliphatic rings. The second kappa shape index (κ2) is 11.9. The highest BCUT2D eigenvalue weighted by Crippen LogP contribution is 2.37. The molecular weight excluding hydrogens is 288 g/mol. The quantitative estimate of drug-likeness (QED) is 0.280. The van der Waals surface area contributed by atoms with Crippen molar-refractivity contribution < 1.29 is 0 Å². The molecule has 0 amide bonds. The molecular formula is C24H42. The van der Waals surface area contributed by atoms with Crippen LogP contribution in [-0.2, 0) is 0 Å². The summed E-state index contributed by atoms with van der Waals surface area (Å²) in [5, 5.41) is 0. The lowest BCUT2D eigenvalue weighted by Crippen LogP contribution is -2.18. The van der Waals surface area contributed by atoms with Crippen LogP contribution in [-0.4, -0.2) is 0 Å². The molecule has 0 heteroatoms. The van der Waals surface area contributed by atoms with Crippen molar-refractivity contribution >= 4 is 0 Å². The number of unbranched alkanes of at least 4 members (excludes halogenated alkanes) is 1. The van der Waals surface area contributed by atoms with Crippen molar-refractivity contribution in [3.63, 3.8) is 0 Å². The van der Waals surface area contributed by atoms with Crippen LogP contribution in [0.5, 0.6) is 0 Å². The molecule has 0 aromatic heterocycles. The van der Waals surface area contributed by atoms with Gasteiger partial charge in [-0.2, -0.15) is 0 Å². The third-order valence-electron chi connectivity index (χ3n) is 6.77. The van der Waals surface area contributed by atoms with Crippen LogP contribution in [0.3, 0.4) is 0 Å². The third kappa shape index (κ3) is 7.16. The minimum Gasteiger partial charge on any atom is -0.103 e. The van der Waals surface area contributed by atoms with Gasteiger partial charge in [-0.1, -0.05) is 82.9 Å². The fourth-order valence-corrected chi connectivity index (χ4v) is 5.16. The highest BCUT2D eigenvalue weighted by atomic mass is 14.3. The molecule has 0 nitrogen and oxygen atoms in total. The molecule has 2 atom stereocenters. The van der Waals surface area contributed by atoms with Crippen LogP contribution in [0, 0.1) is 23.7 Å². The van der Waals surface area contributed by atoms with Gasteiger partial charge in [0.25, 0.3) is 0 Å². The van der Waals surface area contributed by atoms with Gasteiger partial charge in [-0.3, -0.25) is 0 Å². The molecule has 2 saturated carbocycles. The Kier molecular flexibility index (Phi) is 9.85. The van der Waals surface area contributed by atoms with Crippen molar-refractivity contribution in [2.75, 3.05) is 0 Å². The summed E-state index contributed by atoms with van der Waals surface area (Å²) in [6, 6.07) is 0. The van der Waals surface area contributed by atoms with Crippen molar-refractivity contribution in [2.45, 2.75) is 103 Å². The molecule has 0 spiro atoms. The number of hydrogen-bond donors (Lipinski definition) is 0. The van der Waals surface area contributed by atoms with Crippen molar-refractivity contribution in [1.29, 1.82) is 0 Å². The van der Waals surface area contributed by atoms with E-state index in [1.807, 2.05) is 0 Å². The molecule has 0 aromatic carbocycles. The van der Waals surface area contributed by atoms with E-state index >= 15 is 0 Å². The second-order valence-corrected chi connectivity index (χ2v) is 8.58. The summed E-state index contributed by atoms with van der Waals surface area (Å²) in [7, 11) is 0. The summed E-state index contributed by atoms with van der Waals surface area (Å²) in [6.07, 6.45) is 28.7. The van der Waals surface area contributed by atoms with Crippen molar-refractivity contribution in [3.8, 4) is 0 Å². The van der Waals surface area contributed by atoms with E-state index in [2.05, 4.69) is 31.7 Å². The Bertz CT molecular complexity index is 345. The van der Waals surface area contributed by atoms with Gasteiger partial charge in [0.2, 0.25) is 0 Å². The number of rotatable bonds is 10. The maximum atomic E-state index is 3.87. The first kappa shape index (κ1) is 19.8. The van der Waals surface area contributed by atoms with Crippen LogP contribution in [0.4, 0.5) is 0 Å². The molecule has 0 aliphatic heterocycles. The summed E-state index contributed by atoms with van der Waals surface area (Å²) in [4.78, 5) is 0. The number of hydrogen-bond acceptors (Lipinski definition) is 0. The summed E-state index contributed by atoms with van der Waals surface area (Å²) in [6.45, 7) is 6.13. The van der Waals surface area contributed by atoms with Gasteiger partial charge in [-0.25, -0.2) is 0 Å². The summed E-state index contributed by atoms with van der Waals surface area (Å²) >= 11 is 0. The normalized spacial score (nSPS) is 31.4. The van der Waals surface area contributed by atoms with E-state index in [9.17, 15) is 0 Å². The molecule has 0 heterocycles. The van der Waals surface area contributed by atoms with E-state index in [0.29, 0.717) is 0 Å².